The van der Waals surface area contributed by atoms with E-state index in [0.717, 1.165) is 38.5 Å². The molecule has 37 heavy (non-hydrogen) atoms. The van der Waals surface area contributed by atoms with Gasteiger partial charge in [-0.05, 0) is 99.1 Å². The Bertz CT molecular complexity index is 1460. The Morgan fingerprint density at radius 2 is 1.78 bits per heavy atom. The minimum Gasteiger partial charge on any atom is -0.488 e. The van der Waals surface area contributed by atoms with E-state index in [2.05, 4.69) is 81.9 Å². The summed E-state index contributed by atoms with van der Waals surface area (Å²) in [6.45, 7) is 0.481. The number of para-hydroxylation sites is 1. The molecule has 6 rings (SSSR count). The number of fused-ring (bicyclic) bond motifs is 3. The van der Waals surface area contributed by atoms with Gasteiger partial charge in [-0.25, -0.2) is 0 Å². The van der Waals surface area contributed by atoms with Gasteiger partial charge < -0.3 is 10.1 Å². The van der Waals surface area contributed by atoms with Gasteiger partial charge in [0, 0.05) is 22.8 Å². The molecule has 3 nitrogen and oxygen atoms in total. The number of allylic oxidation sites excluding steroid dienone is 2. The van der Waals surface area contributed by atoms with Crippen LogP contribution in [0.5, 0.6) is 5.75 Å². The summed E-state index contributed by atoms with van der Waals surface area (Å²) in [6, 6.07) is 31.3. The fraction of sp³-hybridized carbons (Fsp3) is 0.156. The zero-order valence-corrected chi connectivity index (χ0v) is 22.5. The molecule has 184 valence electrons. The number of ether oxygens (including phenoxy) is 1. The molecule has 2 aliphatic rings. The van der Waals surface area contributed by atoms with E-state index < -0.39 is 0 Å². The zero-order chi connectivity index (χ0) is 25.2. The Morgan fingerprint density at radius 1 is 0.973 bits per heavy atom. The number of nitrogens with zero attached hydrogens (tertiary/aromatic N) is 1. The van der Waals surface area contributed by atoms with Crippen molar-refractivity contribution in [3.05, 3.63) is 135 Å². The third-order valence-corrected chi connectivity index (χ3v) is 8.02. The van der Waals surface area contributed by atoms with Gasteiger partial charge in [0.2, 0.25) is 0 Å². The van der Waals surface area contributed by atoms with Gasteiger partial charge in [0.25, 0.3) is 0 Å². The van der Waals surface area contributed by atoms with Gasteiger partial charge in [0.05, 0.1) is 16.2 Å². The maximum Gasteiger partial charge on any atom is 0.134 e. The lowest BCUT2D eigenvalue weighted by Crippen LogP contribution is -2.28. The molecule has 0 saturated carbocycles. The van der Waals surface area contributed by atoms with Crippen LogP contribution in [0.4, 0.5) is 11.4 Å². The van der Waals surface area contributed by atoms with Crippen molar-refractivity contribution < 1.29 is 4.74 Å². The third kappa shape index (κ3) is 5.22. The van der Waals surface area contributed by atoms with E-state index in [1.807, 2.05) is 48.7 Å². The Labute approximate surface area is 231 Å². The van der Waals surface area contributed by atoms with Gasteiger partial charge in [-0.3, -0.25) is 4.99 Å². The first-order valence-electron chi connectivity index (χ1n) is 12.5. The number of benzene rings is 4. The van der Waals surface area contributed by atoms with Crippen LogP contribution in [0.3, 0.4) is 0 Å². The Hall–Kier alpha value is -3.34. The summed E-state index contributed by atoms with van der Waals surface area (Å²) in [6.07, 6.45) is 7.69. The summed E-state index contributed by atoms with van der Waals surface area (Å²) in [5, 5.41) is 4.52. The fourth-order valence-electron chi connectivity index (χ4n) is 5.25. The largest absolute Gasteiger partial charge is 0.488 e. The van der Waals surface area contributed by atoms with Crippen LogP contribution in [0.2, 0.25) is 5.02 Å². The molecule has 0 bridgehead atoms. The van der Waals surface area contributed by atoms with Gasteiger partial charge >= 0.3 is 0 Å². The van der Waals surface area contributed by atoms with Crippen LogP contribution in [0.1, 0.15) is 40.6 Å². The predicted octanol–water partition coefficient (Wildman–Crippen LogP) is 9.26. The first-order chi connectivity index (χ1) is 18.1. The number of nitrogens with one attached hydrogen (secondary N) is 1. The van der Waals surface area contributed by atoms with Crippen molar-refractivity contribution in [2.45, 2.75) is 25.0 Å². The molecular formula is C32H26BrClN2O. The molecule has 0 unspecified atom stereocenters. The van der Waals surface area contributed by atoms with Crippen LogP contribution in [0, 0.1) is 5.92 Å². The number of hydrogen-bond donors (Lipinski definition) is 1. The average Bonchev–Trinajstić information content (AvgIpc) is 3.43. The Morgan fingerprint density at radius 3 is 2.59 bits per heavy atom. The summed E-state index contributed by atoms with van der Waals surface area (Å²) in [4.78, 5) is 4.71. The molecule has 1 heterocycles. The van der Waals surface area contributed by atoms with E-state index in [9.17, 15) is 0 Å². The monoisotopic (exact) mass is 568 g/mol. The molecular weight excluding hydrogens is 544 g/mol. The lowest BCUT2D eigenvalue weighted by molar-refractivity contribution is 0.304. The first-order valence-corrected chi connectivity index (χ1v) is 13.6. The van der Waals surface area contributed by atoms with Crippen molar-refractivity contribution >= 4 is 45.1 Å². The van der Waals surface area contributed by atoms with Crippen molar-refractivity contribution in [2.24, 2.45) is 10.9 Å². The molecule has 0 fully saturated rings. The highest BCUT2D eigenvalue weighted by molar-refractivity contribution is 9.10. The third-order valence-electron chi connectivity index (χ3n) is 7.15. The van der Waals surface area contributed by atoms with Gasteiger partial charge in [-0.15, -0.1) is 0 Å². The van der Waals surface area contributed by atoms with E-state index in [0.29, 0.717) is 24.5 Å². The smallest absolute Gasteiger partial charge is 0.134 e. The summed E-state index contributed by atoms with van der Waals surface area (Å²) in [5.74, 6) is 1.82. The summed E-state index contributed by atoms with van der Waals surface area (Å²) in [7, 11) is 0. The van der Waals surface area contributed by atoms with Gasteiger partial charge in [-0.2, -0.15) is 0 Å². The van der Waals surface area contributed by atoms with E-state index in [-0.39, 0.29) is 0 Å². The molecule has 4 aromatic carbocycles. The molecule has 1 aliphatic carbocycles. The maximum absolute atomic E-state index is 5.96. The molecule has 1 aliphatic heterocycles. The van der Waals surface area contributed by atoms with Crippen molar-refractivity contribution in [1.29, 1.82) is 0 Å². The quantitative estimate of drug-likeness (QED) is 0.185. The second-order valence-corrected chi connectivity index (χ2v) is 10.8. The van der Waals surface area contributed by atoms with Gasteiger partial charge in [-0.1, -0.05) is 66.2 Å². The van der Waals surface area contributed by atoms with E-state index in [1.54, 1.807) is 0 Å². The first kappa shape index (κ1) is 24.0. The minimum absolute atomic E-state index is 0.296. The van der Waals surface area contributed by atoms with Crippen LogP contribution in [0.15, 0.2) is 113 Å². The second kappa shape index (κ2) is 10.6. The molecule has 0 aromatic heterocycles. The number of rotatable bonds is 6. The average molecular weight is 570 g/mol. The number of halogens is 2. The van der Waals surface area contributed by atoms with Gasteiger partial charge in [0.1, 0.15) is 12.4 Å². The standard InChI is InChI=1S/C32H26BrClN2O/c33-29-18-22(10-17-31(29)37-20-21-8-13-24(34)14-9-21)19-35-25-15-11-23(12-16-25)32-28-6-3-5-26(28)27-4-1-2-7-30(27)36-32/h1-5,7-19,26,28,32,36H,6,20H2/t26-,28+,32-/m0/s1. The number of anilines is 1. The molecule has 1 N–H and O–H groups in total. The SMILES string of the molecule is Clc1ccc(COc2ccc(C=Nc3ccc([C@@H]4Nc5ccccc5[C@@H]5C=CC[C@H]54)cc3)cc2Br)cc1. The van der Waals surface area contributed by atoms with Crippen molar-refractivity contribution in [3.8, 4) is 5.75 Å². The van der Waals surface area contributed by atoms with Gasteiger partial charge in [0.15, 0.2) is 0 Å². The summed E-state index contributed by atoms with van der Waals surface area (Å²) >= 11 is 9.59. The molecule has 5 heteroatoms. The highest BCUT2D eigenvalue weighted by Gasteiger charge is 2.37. The molecule has 0 amide bonds. The molecule has 0 saturated heterocycles. The number of hydrogen-bond acceptors (Lipinski definition) is 3. The van der Waals surface area contributed by atoms with E-state index in [4.69, 9.17) is 21.3 Å². The lowest BCUT2D eigenvalue weighted by atomic mass is 9.77. The van der Waals surface area contributed by atoms with Crippen molar-refractivity contribution in [2.75, 3.05) is 5.32 Å². The Balaban J connectivity index is 1.12. The van der Waals surface area contributed by atoms with Crippen LogP contribution < -0.4 is 10.1 Å². The Kier molecular flexibility index (Phi) is 6.86. The molecule has 0 radical (unpaired) electrons. The topological polar surface area (TPSA) is 33.6 Å². The highest BCUT2D eigenvalue weighted by atomic mass is 79.9. The van der Waals surface area contributed by atoms with E-state index >= 15 is 0 Å². The van der Waals surface area contributed by atoms with Crippen LogP contribution in [-0.2, 0) is 6.61 Å². The van der Waals surface area contributed by atoms with E-state index in [1.165, 1.54) is 16.8 Å². The van der Waals surface area contributed by atoms with Crippen LogP contribution in [0.25, 0.3) is 0 Å². The fourth-order valence-corrected chi connectivity index (χ4v) is 5.88. The second-order valence-electron chi connectivity index (χ2n) is 9.52. The van der Waals surface area contributed by atoms with Crippen molar-refractivity contribution in [3.63, 3.8) is 0 Å². The van der Waals surface area contributed by atoms with Crippen LogP contribution >= 0.6 is 27.5 Å². The maximum atomic E-state index is 5.96. The highest BCUT2D eigenvalue weighted by Crippen LogP contribution is 2.49. The molecule has 0 spiro atoms. The van der Waals surface area contributed by atoms with Crippen molar-refractivity contribution in [1.82, 2.24) is 0 Å². The number of aliphatic imine (C=N–C) groups is 1. The molecule has 4 aromatic rings. The summed E-state index contributed by atoms with van der Waals surface area (Å²) in [5.41, 5.74) is 6.95. The minimum atomic E-state index is 0.296. The predicted molar refractivity (Wildman–Crippen MR) is 156 cm³/mol. The lowest BCUT2D eigenvalue weighted by Gasteiger charge is -2.37. The summed E-state index contributed by atoms with van der Waals surface area (Å²) < 4.78 is 6.85. The van der Waals surface area contributed by atoms with Crippen LogP contribution in [-0.4, -0.2) is 6.21 Å². The molecule has 3 atom stereocenters. The zero-order valence-electron chi connectivity index (χ0n) is 20.1. The normalized spacial score (nSPS) is 19.9.